The molecule has 0 aromatic heterocycles. The molecule has 1 atom stereocenters. The SMILES string of the molecule is CCC=C(CC(C)C(C)C)C(C)=C1CCC1. The summed E-state index contributed by atoms with van der Waals surface area (Å²) in [6, 6.07) is 0. The third-order valence-corrected chi connectivity index (χ3v) is 4.10. The lowest BCUT2D eigenvalue weighted by molar-refractivity contribution is 0.416. The van der Waals surface area contributed by atoms with E-state index in [1.807, 2.05) is 0 Å². The van der Waals surface area contributed by atoms with Crippen molar-refractivity contribution in [3.8, 4) is 0 Å². The lowest BCUT2D eigenvalue weighted by Crippen LogP contribution is -2.08. The van der Waals surface area contributed by atoms with Gasteiger partial charge < -0.3 is 0 Å². The van der Waals surface area contributed by atoms with Crippen LogP contribution in [-0.4, -0.2) is 0 Å². The highest BCUT2D eigenvalue weighted by Gasteiger charge is 2.16. The van der Waals surface area contributed by atoms with Gasteiger partial charge in [0.2, 0.25) is 0 Å². The van der Waals surface area contributed by atoms with E-state index in [-0.39, 0.29) is 0 Å². The van der Waals surface area contributed by atoms with Gasteiger partial charge in [0.1, 0.15) is 0 Å². The molecule has 1 unspecified atom stereocenters. The summed E-state index contributed by atoms with van der Waals surface area (Å²) in [4.78, 5) is 0. The lowest BCUT2D eigenvalue weighted by Gasteiger charge is -2.24. The molecule has 1 rings (SSSR count). The molecule has 1 aliphatic rings. The van der Waals surface area contributed by atoms with Crippen LogP contribution in [-0.2, 0) is 0 Å². The van der Waals surface area contributed by atoms with E-state index in [1.54, 1.807) is 16.7 Å². The van der Waals surface area contributed by atoms with Crippen LogP contribution in [0.1, 0.15) is 66.7 Å². The Kier molecular flexibility index (Phi) is 5.31. The maximum absolute atomic E-state index is 2.44. The van der Waals surface area contributed by atoms with Crippen LogP contribution < -0.4 is 0 Å². The molecule has 0 N–H and O–H groups in total. The molecule has 0 aromatic rings. The van der Waals surface area contributed by atoms with Gasteiger partial charge in [-0.05, 0) is 62.0 Å². The first-order valence-corrected chi connectivity index (χ1v) is 6.94. The Bertz CT molecular complexity index is 272. The van der Waals surface area contributed by atoms with Crippen molar-refractivity contribution in [3.63, 3.8) is 0 Å². The summed E-state index contributed by atoms with van der Waals surface area (Å²) in [5, 5.41) is 0. The van der Waals surface area contributed by atoms with Crippen molar-refractivity contribution < 1.29 is 0 Å². The average molecular weight is 220 g/mol. The molecular formula is C16H28. The minimum absolute atomic E-state index is 0.791. The van der Waals surface area contributed by atoms with E-state index in [9.17, 15) is 0 Å². The van der Waals surface area contributed by atoms with Gasteiger partial charge in [0.05, 0.1) is 0 Å². The molecule has 16 heavy (non-hydrogen) atoms. The lowest BCUT2D eigenvalue weighted by atomic mass is 9.81. The third-order valence-electron chi connectivity index (χ3n) is 4.10. The van der Waals surface area contributed by atoms with Gasteiger partial charge in [-0.15, -0.1) is 0 Å². The predicted octanol–water partition coefficient (Wildman–Crippen LogP) is 5.51. The topological polar surface area (TPSA) is 0 Å². The molecule has 0 aliphatic heterocycles. The summed E-state index contributed by atoms with van der Waals surface area (Å²) in [7, 11) is 0. The molecule has 1 aliphatic carbocycles. The number of hydrogen-bond acceptors (Lipinski definition) is 0. The van der Waals surface area contributed by atoms with E-state index in [0.717, 1.165) is 11.8 Å². The molecule has 1 saturated carbocycles. The first-order chi connectivity index (χ1) is 7.56. The third kappa shape index (κ3) is 3.50. The standard InChI is InChI=1S/C16H28/c1-6-8-16(11-13(4)12(2)3)14(5)15-9-7-10-15/h8,12-13H,6-7,9-11H2,1-5H3. The van der Waals surface area contributed by atoms with E-state index >= 15 is 0 Å². The average Bonchev–Trinajstić information content (AvgIpc) is 2.13. The molecule has 92 valence electrons. The normalized spacial score (nSPS) is 18.6. The largest absolute Gasteiger partial charge is 0.0813 e. The van der Waals surface area contributed by atoms with Crippen LogP contribution in [0.5, 0.6) is 0 Å². The van der Waals surface area contributed by atoms with Gasteiger partial charge in [0, 0.05) is 0 Å². The molecule has 0 saturated heterocycles. The first kappa shape index (κ1) is 13.5. The Labute approximate surface area is 102 Å². The molecule has 0 nitrogen and oxygen atoms in total. The molecule has 0 amide bonds. The van der Waals surface area contributed by atoms with Crippen molar-refractivity contribution in [3.05, 3.63) is 22.8 Å². The van der Waals surface area contributed by atoms with E-state index in [0.29, 0.717) is 0 Å². The molecule has 0 bridgehead atoms. The van der Waals surface area contributed by atoms with Crippen LogP contribution in [0.15, 0.2) is 22.8 Å². The Morgan fingerprint density at radius 1 is 1.25 bits per heavy atom. The van der Waals surface area contributed by atoms with Crippen LogP contribution in [0, 0.1) is 11.8 Å². The smallest absolute Gasteiger partial charge is 0.0251 e. The molecule has 1 fully saturated rings. The highest BCUT2D eigenvalue weighted by molar-refractivity contribution is 5.36. The Balaban J connectivity index is 2.72. The Morgan fingerprint density at radius 2 is 1.88 bits per heavy atom. The zero-order valence-corrected chi connectivity index (χ0v) is 11.8. The maximum Gasteiger partial charge on any atom is -0.0251 e. The minimum atomic E-state index is 0.791. The maximum atomic E-state index is 2.44. The molecule has 0 radical (unpaired) electrons. The summed E-state index contributed by atoms with van der Waals surface area (Å²) >= 11 is 0. The van der Waals surface area contributed by atoms with Gasteiger partial charge in [-0.3, -0.25) is 0 Å². The van der Waals surface area contributed by atoms with Gasteiger partial charge in [-0.2, -0.15) is 0 Å². The second-order valence-corrected chi connectivity index (χ2v) is 5.65. The monoisotopic (exact) mass is 220 g/mol. The van der Waals surface area contributed by atoms with E-state index in [2.05, 4.69) is 40.7 Å². The van der Waals surface area contributed by atoms with Crippen molar-refractivity contribution in [2.45, 2.75) is 66.7 Å². The predicted molar refractivity (Wildman–Crippen MR) is 73.5 cm³/mol. The van der Waals surface area contributed by atoms with Crippen molar-refractivity contribution in [1.29, 1.82) is 0 Å². The molecule has 0 heterocycles. The van der Waals surface area contributed by atoms with Crippen LogP contribution in [0.4, 0.5) is 0 Å². The molecule has 0 aromatic carbocycles. The second-order valence-electron chi connectivity index (χ2n) is 5.65. The minimum Gasteiger partial charge on any atom is -0.0813 e. The van der Waals surface area contributed by atoms with Gasteiger partial charge in [-0.25, -0.2) is 0 Å². The number of allylic oxidation sites excluding steroid dienone is 4. The van der Waals surface area contributed by atoms with Gasteiger partial charge in [-0.1, -0.05) is 39.3 Å². The Hall–Kier alpha value is -0.520. The van der Waals surface area contributed by atoms with Gasteiger partial charge >= 0.3 is 0 Å². The molecular weight excluding hydrogens is 192 g/mol. The van der Waals surface area contributed by atoms with Crippen molar-refractivity contribution in [2.24, 2.45) is 11.8 Å². The van der Waals surface area contributed by atoms with Crippen LogP contribution in [0.25, 0.3) is 0 Å². The van der Waals surface area contributed by atoms with Crippen LogP contribution in [0.3, 0.4) is 0 Å². The van der Waals surface area contributed by atoms with Gasteiger partial charge in [0.15, 0.2) is 0 Å². The number of hydrogen-bond donors (Lipinski definition) is 0. The van der Waals surface area contributed by atoms with Gasteiger partial charge in [0.25, 0.3) is 0 Å². The Morgan fingerprint density at radius 3 is 2.25 bits per heavy atom. The van der Waals surface area contributed by atoms with E-state index in [4.69, 9.17) is 0 Å². The van der Waals surface area contributed by atoms with E-state index in [1.165, 1.54) is 32.1 Å². The fourth-order valence-corrected chi connectivity index (χ4v) is 2.17. The molecule has 0 spiro atoms. The van der Waals surface area contributed by atoms with Crippen LogP contribution >= 0.6 is 0 Å². The highest BCUT2D eigenvalue weighted by Crippen LogP contribution is 2.34. The number of rotatable bonds is 5. The summed E-state index contributed by atoms with van der Waals surface area (Å²) in [5.74, 6) is 1.59. The second kappa shape index (κ2) is 6.27. The first-order valence-electron chi connectivity index (χ1n) is 6.94. The van der Waals surface area contributed by atoms with Crippen LogP contribution in [0.2, 0.25) is 0 Å². The molecule has 0 heteroatoms. The summed E-state index contributed by atoms with van der Waals surface area (Å²) in [6.45, 7) is 11.6. The summed E-state index contributed by atoms with van der Waals surface area (Å²) in [5.41, 5.74) is 4.95. The fourth-order valence-electron chi connectivity index (χ4n) is 2.17. The zero-order valence-electron chi connectivity index (χ0n) is 11.8. The quantitative estimate of drug-likeness (QED) is 0.573. The van der Waals surface area contributed by atoms with Crippen molar-refractivity contribution in [2.75, 3.05) is 0 Å². The highest BCUT2D eigenvalue weighted by atomic mass is 14.2. The summed E-state index contributed by atoms with van der Waals surface area (Å²) in [6.07, 6.45) is 8.99. The fraction of sp³-hybridized carbons (Fsp3) is 0.750. The zero-order chi connectivity index (χ0) is 12.1. The van der Waals surface area contributed by atoms with Crippen molar-refractivity contribution >= 4 is 0 Å². The van der Waals surface area contributed by atoms with E-state index < -0.39 is 0 Å². The summed E-state index contributed by atoms with van der Waals surface area (Å²) < 4.78 is 0. The van der Waals surface area contributed by atoms with Crippen molar-refractivity contribution in [1.82, 2.24) is 0 Å².